The molecule has 0 aliphatic heterocycles. The molecule has 1 aromatic carbocycles. The van der Waals surface area contributed by atoms with Crippen LogP contribution in [0.3, 0.4) is 0 Å². The van der Waals surface area contributed by atoms with Crippen LogP contribution in [0.1, 0.15) is 42.9 Å². The zero-order valence-electron chi connectivity index (χ0n) is 15.5. The van der Waals surface area contributed by atoms with E-state index in [2.05, 4.69) is 28.5 Å². The third kappa shape index (κ3) is 2.81. The van der Waals surface area contributed by atoms with Gasteiger partial charge in [-0.05, 0) is 55.4 Å². The highest BCUT2D eigenvalue weighted by Gasteiger charge is 2.29. The molecule has 2 N–H and O–H groups in total. The van der Waals surface area contributed by atoms with E-state index in [0.29, 0.717) is 0 Å². The number of oxime groups is 1. The maximum Gasteiger partial charge on any atom is 0.100 e. The summed E-state index contributed by atoms with van der Waals surface area (Å²) >= 11 is 0. The van der Waals surface area contributed by atoms with Crippen molar-refractivity contribution in [3.63, 3.8) is 0 Å². The molecule has 2 atom stereocenters. The molecule has 6 heteroatoms. The van der Waals surface area contributed by atoms with Gasteiger partial charge in [-0.3, -0.25) is 9.67 Å². The Morgan fingerprint density at radius 3 is 2.61 bits per heavy atom. The minimum Gasteiger partial charge on any atom is -0.411 e. The van der Waals surface area contributed by atoms with E-state index >= 15 is 0 Å². The molecule has 0 saturated heterocycles. The van der Waals surface area contributed by atoms with Crippen molar-refractivity contribution in [2.24, 2.45) is 5.16 Å². The highest BCUT2D eigenvalue weighted by Crippen LogP contribution is 2.37. The zero-order valence-corrected chi connectivity index (χ0v) is 15.5. The van der Waals surface area contributed by atoms with Crippen molar-refractivity contribution >= 4 is 5.71 Å². The van der Waals surface area contributed by atoms with Gasteiger partial charge in [0.1, 0.15) is 5.69 Å². The number of hydrogen-bond donors (Lipinski definition) is 2. The lowest BCUT2D eigenvalue weighted by atomic mass is 9.98. The molecule has 1 fully saturated rings. The van der Waals surface area contributed by atoms with E-state index in [-0.39, 0.29) is 12.1 Å². The summed E-state index contributed by atoms with van der Waals surface area (Å²) in [5.74, 6) is 0. The molecule has 6 nitrogen and oxygen atoms in total. The number of hydrogen-bond acceptors (Lipinski definition) is 5. The fraction of sp³-hybridized carbons (Fsp3) is 0.318. The Labute approximate surface area is 163 Å². The van der Waals surface area contributed by atoms with Crippen LogP contribution in [0.4, 0.5) is 0 Å². The summed E-state index contributed by atoms with van der Waals surface area (Å²) in [6.07, 6.45) is 9.69. The Kier molecular flexibility index (Phi) is 4.20. The standard InChI is InChI=1S/C22H22N4O2/c27-21-3-1-2-20(21)26-13-18(22(24-26)14-8-10-23-11-9-14)16-4-6-17-15(12-16)5-7-19(17)25-28/h4,6,8-13,20-21,27-28H,1-3,5,7H2/b25-19+/t20-,21-/m0/s1. The molecule has 5 rings (SSSR count). The Hall–Kier alpha value is -2.99. The quantitative estimate of drug-likeness (QED) is 0.539. The summed E-state index contributed by atoms with van der Waals surface area (Å²) in [5, 5.41) is 27.9. The predicted molar refractivity (Wildman–Crippen MR) is 106 cm³/mol. The van der Waals surface area contributed by atoms with Crippen LogP contribution >= 0.6 is 0 Å². The van der Waals surface area contributed by atoms with E-state index in [0.717, 1.165) is 65.8 Å². The van der Waals surface area contributed by atoms with E-state index < -0.39 is 0 Å². The smallest absolute Gasteiger partial charge is 0.100 e. The summed E-state index contributed by atoms with van der Waals surface area (Å²) in [4.78, 5) is 4.12. The molecule has 0 bridgehead atoms. The minimum atomic E-state index is -0.346. The van der Waals surface area contributed by atoms with Crippen molar-refractivity contribution in [2.45, 2.75) is 44.2 Å². The van der Waals surface area contributed by atoms with Crippen LogP contribution in [-0.2, 0) is 6.42 Å². The number of aliphatic hydroxyl groups excluding tert-OH is 1. The largest absolute Gasteiger partial charge is 0.411 e. The molecule has 0 unspecified atom stereocenters. The first-order chi connectivity index (χ1) is 13.7. The molecule has 2 heterocycles. The van der Waals surface area contributed by atoms with Gasteiger partial charge >= 0.3 is 0 Å². The van der Waals surface area contributed by atoms with Gasteiger partial charge in [-0.25, -0.2) is 0 Å². The summed E-state index contributed by atoms with van der Waals surface area (Å²) in [6, 6.07) is 10.2. The van der Waals surface area contributed by atoms with Gasteiger partial charge in [0, 0.05) is 35.3 Å². The Bertz CT molecular complexity index is 1040. The number of benzene rings is 1. The molecule has 2 aromatic heterocycles. The second-order valence-electron chi connectivity index (χ2n) is 7.59. The maximum absolute atomic E-state index is 10.4. The minimum absolute atomic E-state index is 0.0249. The Morgan fingerprint density at radius 2 is 1.86 bits per heavy atom. The van der Waals surface area contributed by atoms with Crippen molar-refractivity contribution < 1.29 is 10.3 Å². The summed E-state index contributed by atoms with van der Waals surface area (Å²) in [6.45, 7) is 0. The van der Waals surface area contributed by atoms with Crippen molar-refractivity contribution in [2.75, 3.05) is 0 Å². The topological polar surface area (TPSA) is 83.5 Å². The molecular weight excluding hydrogens is 352 g/mol. The predicted octanol–water partition coefficient (Wildman–Crippen LogP) is 3.82. The van der Waals surface area contributed by atoms with Gasteiger partial charge in [-0.15, -0.1) is 0 Å². The Morgan fingerprint density at radius 1 is 1.00 bits per heavy atom. The summed E-state index contributed by atoms with van der Waals surface area (Å²) in [5.41, 5.74) is 7.01. The number of aryl methyl sites for hydroxylation is 1. The molecule has 28 heavy (non-hydrogen) atoms. The van der Waals surface area contributed by atoms with Crippen molar-refractivity contribution in [3.8, 4) is 22.4 Å². The van der Waals surface area contributed by atoms with Crippen LogP contribution in [0.2, 0.25) is 0 Å². The van der Waals surface area contributed by atoms with Gasteiger partial charge in [0.2, 0.25) is 0 Å². The fourth-order valence-corrected chi connectivity index (χ4v) is 4.47. The van der Waals surface area contributed by atoms with Crippen LogP contribution in [-0.4, -0.2) is 36.9 Å². The molecule has 3 aromatic rings. The summed E-state index contributed by atoms with van der Waals surface area (Å²) in [7, 11) is 0. The number of aromatic nitrogens is 3. The number of pyridine rings is 1. The van der Waals surface area contributed by atoms with Gasteiger partial charge in [-0.2, -0.15) is 5.10 Å². The molecule has 0 amide bonds. The molecule has 1 saturated carbocycles. The van der Waals surface area contributed by atoms with E-state index in [1.54, 1.807) is 12.4 Å². The van der Waals surface area contributed by atoms with Crippen LogP contribution in [0.15, 0.2) is 54.1 Å². The van der Waals surface area contributed by atoms with E-state index in [1.807, 2.05) is 22.9 Å². The van der Waals surface area contributed by atoms with Gasteiger partial charge < -0.3 is 10.3 Å². The number of rotatable bonds is 3. The van der Waals surface area contributed by atoms with E-state index in [4.69, 9.17) is 5.10 Å². The van der Waals surface area contributed by atoms with E-state index in [9.17, 15) is 10.3 Å². The highest BCUT2D eigenvalue weighted by molar-refractivity contribution is 6.04. The van der Waals surface area contributed by atoms with Crippen LogP contribution in [0.5, 0.6) is 0 Å². The zero-order chi connectivity index (χ0) is 19.1. The SMILES string of the molecule is O/N=C1\CCc2cc(-c3cn([C@H]4CCC[C@@H]4O)nc3-c3ccncc3)ccc21. The first kappa shape index (κ1) is 17.1. The van der Waals surface area contributed by atoms with Gasteiger partial charge in [0.25, 0.3) is 0 Å². The lowest BCUT2D eigenvalue weighted by molar-refractivity contribution is 0.130. The van der Waals surface area contributed by atoms with Crippen LogP contribution in [0, 0.1) is 0 Å². The molecular formula is C22H22N4O2. The molecule has 0 spiro atoms. The van der Waals surface area contributed by atoms with Gasteiger partial charge in [0.15, 0.2) is 0 Å². The van der Waals surface area contributed by atoms with Crippen LogP contribution < -0.4 is 0 Å². The lowest BCUT2D eigenvalue weighted by Crippen LogP contribution is -2.18. The molecule has 0 radical (unpaired) electrons. The second-order valence-corrected chi connectivity index (χ2v) is 7.59. The number of fused-ring (bicyclic) bond motifs is 1. The third-order valence-corrected chi connectivity index (χ3v) is 5.95. The third-order valence-electron chi connectivity index (χ3n) is 5.95. The normalized spacial score (nSPS) is 22.7. The first-order valence-electron chi connectivity index (χ1n) is 9.77. The maximum atomic E-state index is 10.4. The van der Waals surface area contributed by atoms with Crippen molar-refractivity contribution in [1.29, 1.82) is 0 Å². The van der Waals surface area contributed by atoms with E-state index in [1.165, 1.54) is 5.56 Å². The average molecular weight is 374 g/mol. The van der Waals surface area contributed by atoms with Crippen molar-refractivity contribution in [1.82, 2.24) is 14.8 Å². The fourth-order valence-electron chi connectivity index (χ4n) is 4.47. The molecule has 2 aliphatic rings. The van der Waals surface area contributed by atoms with Crippen LogP contribution in [0.25, 0.3) is 22.4 Å². The van der Waals surface area contributed by atoms with Crippen molar-refractivity contribution in [3.05, 3.63) is 60.0 Å². The van der Waals surface area contributed by atoms with Gasteiger partial charge in [0.05, 0.1) is 17.9 Å². The lowest BCUT2D eigenvalue weighted by Gasteiger charge is -2.14. The monoisotopic (exact) mass is 374 g/mol. The number of aliphatic hydroxyl groups is 1. The Balaban J connectivity index is 1.63. The first-order valence-corrected chi connectivity index (χ1v) is 9.77. The highest BCUT2D eigenvalue weighted by atomic mass is 16.4. The molecule has 2 aliphatic carbocycles. The second kappa shape index (κ2) is 6.87. The average Bonchev–Trinajstić information content (AvgIpc) is 3.45. The van der Waals surface area contributed by atoms with Gasteiger partial charge in [-0.1, -0.05) is 23.4 Å². The summed E-state index contributed by atoms with van der Waals surface area (Å²) < 4.78 is 1.94. The molecule has 142 valence electrons. The number of nitrogens with zero attached hydrogens (tertiary/aromatic N) is 4.